The van der Waals surface area contributed by atoms with Gasteiger partial charge in [-0.05, 0) is 57.0 Å². The molecule has 0 amide bonds. The maximum Gasteiger partial charge on any atom is 0.345 e. The van der Waals surface area contributed by atoms with Crippen LogP contribution in [0.3, 0.4) is 0 Å². The molecule has 3 heterocycles. The number of piperidine rings is 1. The highest BCUT2D eigenvalue weighted by Gasteiger charge is 2.29. The van der Waals surface area contributed by atoms with Crippen LogP contribution in [0.25, 0.3) is 11.0 Å². The van der Waals surface area contributed by atoms with Crippen molar-refractivity contribution < 1.29 is 41.7 Å². The number of aromatic nitrogens is 4. The van der Waals surface area contributed by atoms with Crippen LogP contribution in [0.4, 0.5) is 17.6 Å². The van der Waals surface area contributed by atoms with Crippen molar-refractivity contribution >= 4 is 17.0 Å². The molecule has 234 valence electrons. The minimum absolute atomic E-state index is 0.0532. The highest BCUT2D eigenvalue weighted by Crippen LogP contribution is 2.26. The second-order valence-electron chi connectivity index (χ2n) is 10.6. The summed E-state index contributed by atoms with van der Waals surface area (Å²) in [5, 5.41) is 9.46. The van der Waals surface area contributed by atoms with Crippen molar-refractivity contribution in [2.45, 2.75) is 71.2 Å². The Morgan fingerprint density at radius 1 is 1.14 bits per heavy atom. The molecule has 0 spiro atoms. The topological polar surface area (TPSA) is 112 Å². The van der Waals surface area contributed by atoms with Gasteiger partial charge in [-0.3, -0.25) is 4.90 Å². The molecule has 0 radical (unpaired) electrons. The molecule has 14 heteroatoms. The maximum atomic E-state index is 13.9. The highest BCUT2D eigenvalue weighted by atomic mass is 19.3. The molecule has 1 saturated heterocycles. The molecule has 1 N–H and O–H groups in total. The zero-order valence-electron chi connectivity index (χ0n) is 24.0. The van der Waals surface area contributed by atoms with Crippen LogP contribution in [0.15, 0.2) is 48.7 Å². The summed E-state index contributed by atoms with van der Waals surface area (Å²) in [6.45, 7) is 1.62. The SMILES string of the molecule is C[C@@H](Cn1c(CN2CC[C@H](Oc3ccnc(COc4ccc(F)cc4F)n3)C[C@@H]2C)nc2ccc(C(=O)O)cc21)OC(F)F. The van der Waals surface area contributed by atoms with Crippen LogP contribution in [-0.2, 0) is 24.4 Å². The number of alkyl halides is 2. The minimum atomic E-state index is -2.94. The van der Waals surface area contributed by atoms with Gasteiger partial charge < -0.3 is 23.9 Å². The van der Waals surface area contributed by atoms with E-state index in [0.29, 0.717) is 48.7 Å². The maximum absolute atomic E-state index is 13.9. The molecular weight excluding hydrogens is 586 g/mol. The molecule has 10 nitrogen and oxygen atoms in total. The first-order valence-corrected chi connectivity index (χ1v) is 14.0. The van der Waals surface area contributed by atoms with Gasteiger partial charge in [0.25, 0.3) is 0 Å². The number of carboxylic acid groups (broad SMARTS) is 1. The normalized spacial score (nSPS) is 18.1. The van der Waals surface area contributed by atoms with E-state index >= 15 is 0 Å². The summed E-state index contributed by atoms with van der Waals surface area (Å²) in [6.07, 6.45) is 1.84. The number of aromatic carboxylic acids is 1. The molecule has 44 heavy (non-hydrogen) atoms. The molecule has 1 aliphatic rings. The van der Waals surface area contributed by atoms with Crippen molar-refractivity contribution in [1.82, 2.24) is 24.4 Å². The van der Waals surface area contributed by atoms with E-state index in [1.54, 1.807) is 16.7 Å². The van der Waals surface area contributed by atoms with Gasteiger partial charge in [0.2, 0.25) is 5.88 Å². The average Bonchev–Trinajstić information content (AvgIpc) is 3.29. The molecule has 2 aromatic carbocycles. The van der Waals surface area contributed by atoms with Crippen LogP contribution in [0.1, 0.15) is 48.7 Å². The van der Waals surface area contributed by atoms with Crippen LogP contribution in [-0.4, -0.2) is 66.9 Å². The predicted molar refractivity (Wildman–Crippen MR) is 149 cm³/mol. The fourth-order valence-corrected chi connectivity index (χ4v) is 5.23. The van der Waals surface area contributed by atoms with Gasteiger partial charge in [0.15, 0.2) is 17.4 Å². The summed E-state index contributed by atoms with van der Waals surface area (Å²) in [5.41, 5.74) is 1.16. The summed E-state index contributed by atoms with van der Waals surface area (Å²) < 4.78 is 70.7. The lowest BCUT2D eigenvalue weighted by molar-refractivity contribution is -0.160. The monoisotopic (exact) mass is 617 g/mol. The Hall–Kier alpha value is -4.30. The molecule has 1 fully saturated rings. The largest absolute Gasteiger partial charge is 0.483 e. The van der Waals surface area contributed by atoms with Crippen LogP contribution in [0.5, 0.6) is 11.6 Å². The number of hydrogen-bond donors (Lipinski definition) is 1. The zero-order valence-corrected chi connectivity index (χ0v) is 24.0. The fraction of sp³-hybridized carbons (Fsp3) is 0.400. The number of carboxylic acids is 1. The number of likely N-dealkylation sites (tertiary alicyclic amines) is 1. The van der Waals surface area contributed by atoms with Crippen LogP contribution >= 0.6 is 0 Å². The average molecular weight is 618 g/mol. The first-order chi connectivity index (χ1) is 21.0. The van der Waals surface area contributed by atoms with E-state index in [4.69, 9.17) is 14.5 Å². The van der Waals surface area contributed by atoms with Gasteiger partial charge in [-0.25, -0.2) is 23.5 Å². The lowest BCUT2D eigenvalue weighted by atomic mass is 10.0. The van der Waals surface area contributed by atoms with Crippen molar-refractivity contribution in [3.63, 3.8) is 0 Å². The minimum Gasteiger partial charge on any atom is -0.483 e. The van der Waals surface area contributed by atoms with E-state index in [1.807, 2.05) is 6.92 Å². The van der Waals surface area contributed by atoms with E-state index in [2.05, 4.69) is 19.6 Å². The third-order valence-electron chi connectivity index (χ3n) is 7.38. The Balaban J connectivity index is 1.23. The number of halogens is 4. The second-order valence-corrected chi connectivity index (χ2v) is 10.6. The molecule has 3 atom stereocenters. The van der Waals surface area contributed by atoms with Gasteiger partial charge >= 0.3 is 12.6 Å². The first kappa shape index (κ1) is 31.1. The van der Waals surface area contributed by atoms with Gasteiger partial charge in [0.1, 0.15) is 24.4 Å². The Morgan fingerprint density at radius 2 is 1.95 bits per heavy atom. The van der Waals surface area contributed by atoms with Gasteiger partial charge in [-0.15, -0.1) is 0 Å². The summed E-state index contributed by atoms with van der Waals surface area (Å²) >= 11 is 0. The molecule has 0 saturated carbocycles. The summed E-state index contributed by atoms with van der Waals surface area (Å²) in [4.78, 5) is 27.0. The van der Waals surface area contributed by atoms with Crippen molar-refractivity contribution in [2.24, 2.45) is 0 Å². The molecular formula is C30H31F4N5O5. The zero-order chi connectivity index (χ0) is 31.4. The summed E-state index contributed by atoms with van der Waals surface area (Å²) in [7, 11) is 0. The van der Waals surface area contributed by atoms with Crippen LogP contribution in [0, 0.1) is 11.6 Å². The molecule has 0 bridgehead atoms. The second kappa shape index (κ2) is 13.6. The van der Waals surface area contributed by atoms with Crippen LogP contribution in [0.2, 0.25) is 0 Å². The number of nitrogens with zero attached hydrogens (tertiary/aromatic N) is 5. The Labute approximate surface area is 250 Å². The number of benzene rings is 2. The molecule has 4 aromatic rings. The van der Waals surface area contributed by atoms with Crippen molar-refractivity contribution in [1.29, 1.82) is 0 Å². The standard InChI is InChI=1S/C30H31F4N5O5/c1-17-11-21(44-28-7-9-35-26(37-28)16-42-25-6-4-20(31)13-22(25)32)8-10-38(17)15-27-36-23-5-3-19(29(40)41)12-24(23)39(27)14-18(2)43-30(33)34/h3-7,9,12-13,17-18,21,30H,8,10-11,14-16H2,1-2H3,(H,40,41)/t17-,18-,21-/m0/s1. The summed E-state index contributed by atoms with van der Waals surface area (Å²) in [5.74, 6) is -1.53. The molecule has 0 unspecified atom stereocenters. The van der Waals surface area contributed by atoms with Gasteiger partial charge in [0.05, 0.1) is 35.8 Å². The van der Waals surface area contributed by atoms with E-state index in [9.17, 15) is 27.5 Å². The molecule has 5 rings (SSSR count). The fourth-order valence-electron chi connectivity index (χ4n) is 5.23. The Kier molecular flexibility index (Phi) is 9.59. The van der Waals surface area contributed by atoms with Crippen molar-refractivity contribution in [2.75, 3.05) is 6.54 Å². The van der Waals surface area contributed by atoms with Crippen molar-refractivity contribution in [3.05, 3.63) is 77.5 Å². The Bertz CT molecular complexity index is 1620. The van der Waals surface area contributed by atoms with Crippen molar-refractivity contribution in [3.8, 4) is 11.6 Å². The Morgan fingerprint density at radius 3 is 2.68 bits per heavy atom. The quantitative estimate of drug-likeness (QED) is 0.208. The number of imidazole rings is 1. The molecule has 0 aliphatic carbocycles. The molecule has 2 aromatic heterocycles. The van der Waals surface area contributed by atoms with Gasteiger partial charge in [-0.1, -0.05) is 0 Å². The van der Waals surface area contributed by atoms with E-state index < -0.39 is 30.3 Å². The number of fused-ring (bicyclic) bond motifs is 1. The van der Waals surface area contributed by atoms with Gasteiger partial charge in [0, 0.05) is 30.9 Å². The summed E-state index contributed by atoms with van der Waals surface area (Å²) in [6, 6.07) is 9.26. The third kappa shape index (κ3) is 7.61. The van der Waals surface area contributed by atoms with E-state index in [0.717, 1.165) is 12.1 Å². The number of rotatable bonds is 12. The lowest BCUT2D eigenvalue weighted by Crippen LogP contribution is -2.44. The van der Waals surface area contributed by atoms with E-state index in [-0.39, 0.29) is 42.4 Å². The smallest absolute Gasteiger partial charge is 0.345 e. The number of ether oxygens (including phenoxy) is 3. The van der Waals surface area contributed by atoms with Crippen LogP contribution < -0.4 is 9.47 Å². The van der Waals surface area contributed by atoms with E-state index in [1.165, 1.54) is 31.3 Å². The lowest BCUT2D eigenvalue weighted by Gasteiger charge is -2.37. The third-order valence-corrected chi connectivity index (χ3v) is 7.38. The molecule has 1 aliphatic heterocycles. The van der Waals surface area contributed by atoms with Gasteiger partial charge in [-0.2, -0.15) is 13.8 Å². The first-order valence-electron chi connectivity index (χ1n) is 14.0. The predicted octanol–water partition coefficient (Wildman–Crippen LogP) is 5.44. The number of carbonyl (C=O) groups is 1. The number of hydrogen-bond acceptors (Lipinski definition) is 8. The highest BCUT2D eigenvalue weighted by molar-refractivity contribution is 5.92.